The molecule has 1 heterocycles. The molecule has 0 amide bonds. The fraction of sp³-hybridized carbons (Fsp3) is 0.500. The molecule has 15 heavy (non-hydrogen) atoms. The molecule has 0 saturated carbocycles. The van der Waals surface area contributed by atoms with Crippen LogP contribution in [0.1, 0.15) is 30.5 Å². The van der Waals surface area contributed by atoms with Gasteiger partial charge in [-0.2, -0.15) is 0 Å². The second-order valence-electron chi connectivity index (χ2n) is 3.58. The van der Waals surface area contributed by atoms with Crippen LogP contribution in [0.15, 0.2) is 17.0 Å². The quantitative estimate of drug-likeness (QED) is 0.816. The molecule has 1 aromatic heterocycles. The Morgan fingerprint density at radius 1 is 1.73 bits per heavy atom. The van der Waals surface area contributed by atoms with E-state index in [2.05, 4.69) is 25.4 Å². The van der Waals surface area contributed by atoms with Gasteiger partial charge in [0.05, 0.1) is 22.2 Å². The first-order valence-electron chi connectivity index (χ1n) is 4.61. The van der Waals surface area contributed by atoms with Gasteiger partial charge in [0.1, 0.15) is 0 Å². The van der Waals surface area contributed by atoms with Crippen molar-refractivity contribution in [1.29, 1.82) is 0 Å². The first-order valence-corrected chi connectivity index (χ1v) is 7.36. The molecular formula is C10H14ClNOS2. The lowest BCUT2D eigenvalue weighted by Gasteiger charge is -1.98. The molecule has 0 aliphatic rings. The van der Waals surface area contributed by atoms with Crippen LogP contribution in [0.2, 0.25) is 0 Å². The zero-order chi connectivity index (χ0) is 11.4. The van der Waals surface area contributed by atoms with E-state index >= 15 is 0 Å². The van der Waals surface area contributed by atoms with E-state index in [0.717, 1.165) is 10.7 Å². The molecule has 0 aromatic carbocycles. The van der Waals surface area contributed by atoms with Gasteiger partial charge < -0.3 is 0 Å². The van der Waals surface area contributed by atoms with E-state index in [1.54, 1.807) is 11.3 Å². The highest BCUT2D eigenvalue weighted by molar-refractivity contribution is 7.84. The van der Waals surface area contributed by atoms with Crippen LogP contribution in [0, 0.1) is 0 Å². The number of aromatic nitrogens is 1. The lowest BCUT2D eigenvalue weighted by atomic mass is 10.2. The third-order valence-corrected chi connectivity index (χ3v) is 4.46. The third kappa shape index (κ3) is 4.45. The molecule has 0 bridgehead atoms. The Kier molecular flexibility index (Phi) is 4.96. The van der Waals surface area contributed by atoms with Crippen LogP contribution in [0.3, 0.4) is 0 Å². The van der Waals surface area contributed by atoms with Gasteiger partial charge in [-0.3, -0.25) is 4.21 Å². The van der Waals surface area contributed by atoms with Crippen molar-refractivity contribution in [3.05, 3.63) is 27.7 Å². The van der Waals surface area contributed by atoms with Crippen LogP contribution in [0.5, 0.6) is 0 Å². The summed E-state index contributed by atoms with van der Waals surface area (Å²) < 4.78 is 11.5. The number of thiazole rings is 1. The third-order valence-electron chi connectivity index (χ3n) is 1.69. The first kappa shape index (κ1) is 12.9. The van der Waals surface area contributed by atoms with Crippen molar-refractivity contribution in [1.82, 2.24) is 4.98 Å². The van der Waals surface area contributed by atoms with E-state index in [-0.39, 0.29) is 0 Å². The highest BCUT2D eigenvalue weighted by atomic mass is 35.5. The van der Waals surface area contributed by atoms with Gasteiger partial charge in [-0.1, -0.05) is 32.0 Å². The molecule has 5 heteroatoms. The van der Waals surface area contributed by atoms with Gasteiger partial charge in [-0.15, -0.1) is 11.3 Å². The minimum Gasteiger partial charge on any atom is -0.259 e. The molecule has 1 atom stereocenters. The van der Waals surface area contributed by atoms with Crippen molar-refractivity contribution in [3.8, 4) is 0 Å². The molecule has 0 fully saturated rings. The Morgan fingerprint density at radius 3 is 2.87 bits per heavy atom. The van der Waals surface area contributed by atoms with E-state index in [1.807, 2.05) is 5.38 Å². The Labute approximate surface area is 102 Å². The van der Waals surface area contributed by atoms with Gasteiger partial charge in [0.15, 0.2) is 0 Å². The lowest BCUT2D eigenvalue weighted by molar-refractivity contribution is 0.684. The van der Waals surface area contributed by atoms with E-state index in [0.29, 0.717) is 22.5 Å². The van der Waals surface area contributed by atoms with E-state index in [4.69, 9.17) is 11.6 Å². The number of nitrogens with zero attached hydrogens (tertiary/aromatic N) is 1. The van der Waals surface area contributed by atoms with Gasteiger partial charge in [0.25, 0.3) is 0 Å². The predicted molar refractivity (Wildman–Crippen MR) is 67.9 cm³/mol. The largest absolute Gasteiger partial charge is 0.259 e. The summed E-state index contributed by atoms with van der Waals surface area (Å²) in [5, 5.41) is 3.49. The van der Waals surface area contributed by atoms with Crippen LogP contribution in [0.4, 0.5) is 0 Å². The summed E-state index contributed by atoms with van der Waals surface area (Å²) in [6.45, 7) is 7.72. The number of halogens is 1. The van der Waals surface area contributed by atoms with E-state index in [1.165, 1.54) is 0 Å². The second-order valence-corrected chi connectivity index (χ2v) is 6.46. The molecule has 84 valence electrons. The zero-order valence-electron chi connectivity index (χ0n) is 8.83. The maximum atomic E-state index is 11.5. The molecule has 0 spiro atoms. The molecule has 1 aromatic rings. The van der Waals surface area contributed by atoms with Gasteiger partial charge in [-0.05, 0) is 0 Å². The summed E-state index contributed by atoms with van der Waals surface area (Å²) in [6, 6.07) is 0. The van der Waals surface area contributed by atoms with Crippen LogP contribution in [-0.4, -0.2) is 14.9 Å². The van der Waals surface area contributed by atoms with Crippen molar-refractivity contribution in [2.75, 3.05) is 5.75 Å². The Bertz CT molecular complexity index is 373. The van der Waals surface area contributed by atoms with Crippen LogP contribution in [0.25, 0.3) is 0 Å². The molecule has 0 aliphatic carbocycles. The second kappa shape index (κ2) is 5.77. The summed E-state index contributed by atoms with van der Waals surface area (Å²) in [6.07, 6.45) is 0. The molecule has 0 saturated heterocycles. The zero-order valence-corrected chi connectivity index (χ0v) is 11.2. The Morgan fingerprint density at radius 2 is 2.40 bits per heavy atom. The summed E-state index contributed by atoms with van der Waals surface area (Å²) in [4.78, 5) is 4.41. The highest BCUT2D eigenvalue weighted by Crippen LogP contribution is 2.20. The van der Waals surface area contributed by atoms with Crippen molar-refractivity contribution in [2.24, 2.45) is 0 Å². The van der Waals surface area contributed by atoms with Crippen molar-refractivity contribution in [2.45, 2.75) is 25.5 Å². The molecular weight excluding hydrogens is 250 g/mol. The molecule has 0 radical (unpaired) electrons. The molecule has 0 aliphatic heterocycles. The summed E-state index contributed by atoms with van der Waals surface area (Å²) in [5.41, 5.74) is 0.889. The summed E-state index contributed by atoms with van der Waals surface area (Å²) >= 11 is 7.21. The van der Waals surface area contributed by atoms with E-state index in [9.17, 15) is 4.21 Å². The van der Waals surface area contributed by atoms with Crippen LogP contribution >= 0.6 is 22.9 Å². The predicted octanol–water partition coefficient (Wildman–Crippen LogP) is 3.27. The van der Waals surface area contributed by atoms with Crippen molar-refractivity contribution < 1.29 is 4.21 Å². The van der Waals surface area contributed by atoms with Gasteiger partial charge in [-0.25, -0.2) is 4.98 Å². The monoisotopic (exact) mass is 263 g/mol. The Balaban J connectivity index is 2.57. The van der Waals surface area contributed by atoms with Gasteiger partial charge in [0, 0.05) is 27.1 Å². The average Bonchev–Trinajstić information content (AvgIpc) is 2.50. The van der Waals surface area contributed by atoms with E-state index < -0.39 is 10.8 Å². The van der Waals surface area contributed by atoms with Crippen LogP contribution < -0.4 is 0 Å². The van der Waals surface area contributed by atoms with Crippen molar-refractivity contribution >= 4 is 33.7 Å². The number of hydrogen-bond acceptors (Lipinski definition) is 3. The summed E-state index contributed by atoms with van der Waals surface area (Å²) in [5.74, 6) is 1.24. The van der Waals surface area contributed by atoms with Gasteiger partial charge >= 0.3 is 0 Å². The fourth-order valence-corrected chi connectivity index (χ4v) is 3.28. The molecule has 0 N–H and O–H groups in total. The first-order chi connectivity index (χ1) is 6.99. The normalized spacial score (nSPS) is 13.1. The number of hydrogen-bond donors (Lipinski definition) is 0. The Hall–Kier alpha value is -0.190. The number of rotatable bonds is 5. The molecule has 0 unspecified atom stereocenters. The standard InChI is InChI=1S/C10H14ClNOS2/c1-7(2)10-12-9(4-14-10)6-15(13)5-8(3)11/h4,7H,3,5-6H2,1-2H3/t15-/m0/s1. The van der Waals surface area contributed by atoms with Gasteiger partial charge in [0.2, 0.25) is 0 Å². The van der Waals surface area contributed by atoms with Crippen molar-refractivity contribution in [3.63, 3.8) is 0 Å². The maximum absolute atomic E-state index is 11.5. The minimum absolute atomic E-state index is 0.343. The fourth-order valence-electron chi connectivity index (χ4n) is 1.04. The maximum Gasteiger partial charge on any atom is 0.0954 e. The smallest absolute Gasteiger partial charge is 0.0954 e. The van der Waals surface area contributed by atoms with Crippen LogP contribution in [-0.2, 0) is 16.6 Å². The lowest BCUT2D eigenvalue weighted by Crippen LogP contribution is -2.01. The molecule has 2 nitrogen and oxygen atoms in total. The minimum atomic E-state index is -0.988. The highest BCUT2D eigenvalue weighted by Gasteiger charge is 2.09. The topological polar surface area (TPSA) is 30.0 Å². The molecule has 1 rings (SSSR count). The summed E-state index contributed by atoms with van der Waals surface area (Å²) in [7, 11) is -0.988. The SMILES string of the molecule is C=C(Cl)C[S@](=O)Cc1csc(C(C)C)n1. The average molecular weight is 264 g/mol.